The number of nitrogens with zero attached hydrogens (tertiary/aromatic N) is 6. The number of carbonyl (C=O) groups is 1. The van der Waals surface area contributed by atoms with Crippen LogP contribution in [0.4, 0.5) is 22.0 Å². The zero-order chi connectivity index (χ0) is 20.4. The van der Waals surface area contributed by atoms with Gasteiger partial charge in [-0.1, -0.05) is 0 Å². The van der Waals surface area contributed by atoms with Gasteiger partial charge in [0.1, 0.15) is 11.4 Å². The van der Waals surface area contributed by atoms with E-state index < -0.39 is 5.54 Å². The highest BCUT2D eigenvalue weighted by atomic mass is 16.2. The molecule has 0 aliphatic carbocycles. The van der Waals surface area contributed by atoms with Gasteiger partial charge in [0.25, 0.3) is 0 Å². The van der Waals surface area contributed by atoms with Gasteiger partial charge in [-0.05, 0) is 44.2 Å². The Hall–Kier alpha value is -3.93. The molecule has 9 heteroatoms. The zero-order valence-corrected chi connectivity index (χ0v) is 16.1. The monoisotopic (exact) mass is 388 g/mol. The summed E-state index contributed by atoms with van der Waals surface area (Å²) in [5.41, 5.74) is 1.68. The van der Waals surface area contributed by atoms with Crippen molar-refractivity contribution in [3.63, 3.8) is 0 Å². The molecule has 4 rings (SSSR count). The van der Waals surface area contributed by atoms with Crippen molar-refractivity contribution in [3.8, 4) is 17.5 Å². The molecule has 0 spiro atoms. The first-order valence-electron chi connectivity index (χ1n) is 9.18. The van der Waals surface area contributed by atoms with Crippen molar-refractivity contribution in [2.45, 2.75) is 19.4 Å². The number of urea groups is 1. The number of benzene rings is 1. The maximum Gasteiger partial charge on any atom is 0.321 e. The molecule has 0 saturated carbocycles. The Bertz CT molecular complexity index is 1080. The number of amides is 2. The van der Waals surface area contributed by atoms with Gasteiger partial charge in [0.05, 0.1) is 24.2 Å². The van der Waals surface area contributed by atoms with Crippen LogP contribution in [0.3, 0.4) is 0 Å². The minimum absolute atomic E-state index is 0.0830. The Morgan fingerprint density at radius 1 is 1.24 bits per heavy atom. The number of carbonyl (C=O) groups excluding carboxylic acids is 1. The molecule has 1 aliphatic rings. The van der Waals surface area contributed by atoms with Gasteiger partial charge in [0.2, 0.25) is 0 Å². The van der Waals surface area contributed by atoms with Crippen LogP contribution in [0.2, 0.25) is 0 Å². The van der Waals surface area contributed by atoms with Gasteiger partial charge in [-0.2, -0.15) is 10.4 Å². The number of hydrogen-bond acceptors (Lipinski definition) is 6. The highest BCUT2D eigenvalue weighted by Crippen LogP contribution is 2.24. The Morgan fingerprint density at radius 2 is 2.03 bits per heavy atom. The lowest BCUT2D eigenvalue weighted by Crippen LogP contribution is -2.27. The zero-order valence-electron chi connectivity index (χ0n) is 16.1. The van der Waals surface area contributed by atoms with Crippen molar-refractivity contribution in [1.29, 1.82) is 5.26 Å². The normalized spacial score (nSPS) is 13.8. The SMILES string of the molecule is CC(C)(C#N)n1cc(Nc2ccnc(-c3ccc(N4CCNC4=O)cc3)n2)cn1. The number of aromatic nitrogens is 4. The number of nitrogens with one attached hydrogen (secondary N) is 2. The molecule has 1 saturated heterocycles. The summed E-state index contributed by atoms with van der Waals surface area (Å²) in [5, 5.41) is 19.5. The molecule has 1 aromatic carbocycles. The lowest BCUT2D eigenvalue weighted by Gasteiger charge is -2.15. The molecule has 2 N–H and O–H groups in total. The predicted molar refractivity (Wildman–Crippen MR) is 109 cm³/mol. The van der Waals surface area contributed by atoms with Gasteiger partial charge >= 0.3 is 6.03 Å². The van der Waals surface area contributed by atoms with E-state index in [-0.39, 0.29) is 6.03 Å². The number of nitriles is 1. The number of hydrogen-bond donors (Lipinski definition) is 2. The van der Waals surface area contributed by atoms with Crippen LogP contribution >= 0.6 is 0 Å². The Labute approximate surface area is 168 Å². The van der Waals surface area contributed by atoms with Crippen molar-refractivity contribution in [2.75, 3.05) is 23.3 Å². The summed E-state index contributed by atoms with van der Waals surface area (Å²) in [7, 11) is 0. The second-order valence-corrected chi connectivity index (χ2v) is 7.17. The van der Waals surface area contributed by atoms with E-state index in [0.717, 1.165) is 16.9 Å². The molecule has 2 aromatic heterocycles. The average Bonchev–Trinajstić information content (AvgIpc) is 3.38. The maximum absolute atomic E-state index is 11.8. The van der Waals surface area contributed by atoms with Gasteiger partial charge in [-0.3, -0.25) is 9.58 Å². The van der Waals surface area contributed by atoms with Crippen LogP contribution in [0, 0.1) is 11.3 Å². The van der Waals surface area contributed by atoms with E-state index in [1.807, 2.05) is 24.3 Å². The van der Waals surface area contributed by atoms with E-state index in [1.54, 1.807) is 48.1 Å². The molecule has 3 aromatic rings. The number of anilines is 3. The Morgan fingerprint density at radius 3 is 2.72 bits per heavy atom. The summed E-state index contributed by atoms with van der Waals surface area (Å²) in [6.45, 7) is 4.90. The Kier molecular flexibility index (Phi) is 4.60. The fourth-order valence-electron chi connectivity index (χ4n) is 2.97. The molecule has 2 amide bonds. The molecular weight excluding hydrogens is 368 g/mol. The fourth-order valence-corrected chi connectivity index (χ4v) is 2.97. The third-order valence-electron chi connectivity index (χ3n) is 4.65. The van der Waals surface area contributed by atoms with Crippen molar-refractivity contribution in [2.24, 2.45) is 0 Å². The van der Waals surface area contributed by atoms with Gasteiger partial charge < -0.3 is 10.6 Å². The van der Waals surface area contributed by atoms with Crippen molar-refractivity contribution < 1.29 is 4.79 Å². The summed E-state index contributed by atoms with van der Waals surface area (Å²) >= 11 is 0. The molecule has 29 heavy (non-hydrogen) atoms. The van der Waals surface area contributed by atoms with Crippen LogP contribution in [-0.4, -0.2) is 38.9 Å². The van der Waals surface area contributed by atoms with Crippen LogP contribution in [0.15, 0.2) is 48.9 Å². The molecule has 0 atom stereocenters. The van der Waals surface area contributed by atoms with Crippen LogP contribution in [0.25, 0.3) is 11.4 Å². The van der Waals surface area contributed by atoms with E-state index in [4.69, 9.17) is 0 Å². The highest BCUT2D eigenvalue weighted by Gasteiger charge is 2.21. The van der Waals surface area contributed by atoms with Crippen LogP contribution < -0.4 is 15.5 Å². The molecule has 1 aliphatic heterocycles. The molecule has 9 nitrogen and oxygen atoms in total. The topological polar surface area (TPSA) is 112 Å². The van der Waals surface area contributed by atoms with Gasteiger partial charge in [0, 0.05) is 30.5 Å². The highest BCUT2D eigenvalue weighted by molar-refractivity contribution is 5.94. The molecule has 1 fully saturated rings. The molecule has 0 radical (unpaired) electrons. The number of rotatable bonds is 5. The largest absolute Gasteiger partial charge is 0.338 e. The second kappa shape index (κ2) is 7.24. The van der Waals surface area contributed by atoms with Crippen LogP contribution in [0.1, 0.15) is 13.8 Å². The quantitative estimate of drug-likeness (QED) is 0.695. The maximum atomic E-state index is 11.8. The third-order valence-corrected chi connectivity index (χ3v) is 4.65. The minimum atomic E-state index is -0.731. The van der Waals surface area contributed by atoms with Crippen LogP contribution in [0.5, 0.6) is 0 Å². The van der Waals surface area contributed by atoms with E-state index in [1.165, 1.54) is 0 Å². The molecule has 3 heterocycles. The van der Waals surface area contributed by atoms with Crippen molar-refractivity contribution >= 4 is 23.2 Å². The molecule has 0 unspecified atom stereocenters. The van der Waals surface area contributed by atoms with Gasteiger partial charge in [-0.25, -0.2) is 14.8 Å². The average molecular weight is 388 g/mol. The molecule has 0 bridgehead atoms. The predicted octanol–water partition coefficient (Wildman–Crippen LogP) is 2.87. The van der Waals surface area contributed by atoms with E-state index in [0.29, 0.717) is 24.7 Å². The van der Waals surface area contributed by atoms with Crippen molar-refractivity contribution in [3.05, 3.63) is 48.9 Å². The lowest BCUT2D eigenvalue weighted by molar-refractivity contribution is 0.252. The summed E-state index contributed by atoms with van der Waals surface area (Å²) < 4.78 is 1.60. The summed E-state index contributed by atoms with van der Waals surface area (Å²) in [4.78, 5) is 22.4. The molecular formula is C20H20N8O. The third kappa shape index (κ3) is 3.73. The minimum Gasteiger partial charge on any atom is -0.338 e. The van der Waals surface area contributed by atoms with E-state index in [9.17, 15) is 10.1 Å². The first kappa shape index (κ1) is 18.4. The van der Waals surface area contributed by atoms with E-state index >= 15 is 0 Å². The van der Waals surface area contributed by atoms with Crippen LogP contribution in [-0.2, 0) is 5.54 Å². The fraction of sp³-hybridized carbons (Fsp3) is 0.250. The summed E-state index contributed by atoms with van der Waals surface area (Å²) in [5.74, 6) is 1.18. The van der Waals surface area contributed by atoms with Gasteiger partial charge in [-0.15, -0.1) is 0 Å². The smallest absolute Gasteiger partial charge is 0.321 e. The first-order chi connectivity index (χ1) is 14.0. The second-order valence-electron chi connectivity index (χ2n) is 7.17. The van der Waals surface area contributed by atoms with Gasteiger partial charge in [0.15, 0.2) is 5.82 Å². The standard InChI is InChI=1S/C20H20N8O/c1-20(2,13-21)28-12-15(11-24-28)25-17-7-8-22-18(26-17)14-3-5-16(6-4-14)27-10-9-23-19(27)29/h3-8,11-12H,9-10H2,1-2H3,(H,23,29)(H,22,25,26). The van der Waals surface area contributed by atoms with Crippen molar-refractivity contribution in [1.82, 2.24) is 25.1 Å². The Balaban J connectivity index is 1.52. The summed E-state index contributed by atoms with van der Waals surface area (Å²) in [6, 6.07) is 11.5. The lowest BCUT2D eigenvalue weighted by atomic mass is 10.1. The molecule has 146 valence electrons. The van der Waals surface area contributed by atoms with E-state index in [2.05, 4.69) is 31.8 Å². The first-order valence-corrected chi connectivity index (χ1v) is 9.18. The summed E-state index contributed by atoms with van der Waals surface area (Å²) in [6.07, 6.45) is 5.09.